The van der Waals surface area contributed by atoms with Crippen molar-refractivity contribution in [3.63, 3.8) is 0 Å². The van der Waals surface area contributed by atoms with E-state index in [2.05, 4.69) is 52.6 Å². The van der Waals surface area contributed by atoms with Gasteiger partial charge >= 0.3 is 0 Å². The summed E-state index contributed by atoms with van der Waals surface area (Å²) in [6, 6.07) is 29.1. The Bertz CT molecular complexity index is 5950. The van der Waals surface area contributed by atoms with E-state index >= 15 is 28.8 Å². The van der Waals surface area contributed by atoms with E-state index in [0.717, 1.165) is 88.0 Å². The van der Waals surface area contributed by atoms with Gasteiger partial charge in [-0.05, 0) is 191 Å². The molecule has 2 fully saturated rings. The molecule has 18 atom stereocenters. The largest absolute Gasteiger partial charge is 0.508 e. The number of nitrogens with one attached hydrogen (secondary N) is 8. The van der Waals surface area contributed by atoms with Crippen LogP contribution in [0.4, 0.5) is 0 Å². The number of aliphatic hydroxyl groups excluding tert-OH is 5. The second-order valence-electron chi connectivity index (χ2n) is 33.9. The zero-order valence-corrected chi connectivity index (χ0v) is 76.1. The molecule has 0 radical (unpaired) electrons. The molecule has 7 aliphatic rings. The Labute approximate surface area is 793 Å². The average molecular weight is 1930 g/mol. The lowest BCUT2D eigenvalue weighted by Crippen LogP contribution is -2.62. The van der Waals surface area contributed by atoms with Gasteiger partial charge in [-0.3, -0.25) is 43.3 Å². The number of carbonyl (C=O) groups excluding carboxylic acids is 8. The number of aromatic hydroxyl groups is 3. The first-order chi connectivity index (χ1) is 64.6. The van der Waals surface area contributed by atoms with Gasteiger partial charge in [0.2, 0.25) is 59.3 Å². The van der Waals surface area contributed by atoms with Gasteiger partial charge in [0.1, 0.15) is 89.4 Å². The Morgan fingerprint density at radius 3 is 1.79 bits per heavy atom. The summed E-state index contributed by atoms with van der Waals surface area (Å²) in [7, 11) is 1.68. The van der Waals surface area contributed by atoms with Crippen LogP contribution in [-0.2, 0) is 65.7 Å². The Balaban J connectivity index is 0.920. The molecule has 0 aliphatic carbocycles. The summed E-state index contributed by atoms with van der Waals surface area (Å²) in [4.78, 5) is 128. The summed E-state index contributed by atoms with van der Waals surface area (Å²) in [6.45, 7) is 5.18. The predicted octanol–water partition coefficient (Wildman–Crippen LogP) is 9.19. The molecule has 36 nitrogen and oxygen atoms in total. The van der Waals surface area contributed by atoms with E-state index in [9.17, 15) is 56.0 Å². The first-order valence-corrected chi connectivity index (χ1v) is 44.9. The average Bonchev–Trinajstić information content (AvgIpc) is 0.761. The number of nitrogens with two attached hydrogens (primary N) is 2. The Morgan fingerprint density at radius 1 is 0.622 bits per heavy atom. The van der Waals surface area contributed by atoms with Crippen LogP contribution in [0.3, 0.4) is 0 Å². The standard InChI is InChI=1S/C95H100Cl4N14O22/c1-44(2)31-65(113(4)43-47-9-13-49(14-10-47)51-17-24-57(97)25-18-51)89(124)110-79-82(119)53-20-27-68(61(98)33-53)131-70-35-55-36-71(86(70)135-95-87(85(122)84(121)72(133-95)42-105-112-102)134-74-40-63(81(118)45(3)130-74)104-41-46-7-11-48(12-8-46)50-15-22-56(96)23-16-50)132-69-28-21-54(34-62(69)99)83(120)80-94(129)109-78(90(125)103-30-6-5-29-100)60-37-58(114)38-67(116)75(60)59-32-52(19-26-66(59)115)76(91(126)111-80)108-92(127)77(55)107-88(123)64(39-73(101)117)106-93(79)128/h7-28,32-38,44-45,63-65,72,74,76-85,87,95,104,114-116,118-122H,5-6,29-31,39-43,100H2,1-4H3,(H2,101,117)(H,103,125)(H,106,128)(H,107,123)(H,108,127)(H,109,129)(H,110,124)(H,111,126)/t45?,63?,64-,65+,72?,74?,76?,77+,78-,79+,80-,81?,82+,83+,84?,85?,87?,95?/m0/s1. The molecule has 40 heteroatoms. The fourth-order valence-corrected chi connectivity index (χ4v) is 17.4. The molecule has 8 amide bonds. The number of likely N-dealkylation sites (N-methyl/N-ethyl adjacent to an activating group) is 1. The maximum absolute atomic E-state index is 16.6. The number of hydrogen-bond donors (Lipinski definition) is 18. The van der Waals surface area contributed by atoms with Crippen LogP contribution in [0.5, 0.6) is 46.0 Å². The van der Waals surface area contributed by atoms with Crippen LogP contribution in [-0.4, -0.2) is 199 Å². The minimum Gasteiger partial charge on any atom is -0.508 e. The zero-order chi connectivity index (χ0) is 96.5. The molecule has 16 rings (SSSR count). The van der Waals surface area contributed by atoms with Crippen LogP contribution in [0.2, 0.25) is 20.1 Å². The number of carbonyl (C=O) groups is 8. The van der Waals surface area contributed by atoms with Crippen LogP contribution in [0, 0.1) is 5.92 Å². The number of aliphatic hydroxyl groups is 5. The van der Waals surface area contributed by atoms with E-state index < -0.39 is 232 Å². The van der Waals surface area contributed by atoms with Crippen molar-refractivity contribution in [3.05, 3.63) is 245 Å². The molecule has 9 aromatic rings. The van der Waals surface area contributed by atoms with E-state index in [1.807, 2.05) is 86.6 Å². The number of halogens is 4. The molecule has 20 N–H and O–H groups in total. The highest BCUT2D eigenvalue weighted by Crippen LogP contribution is 2.50. The van der Waals surface area contributed by atoms with Crippen molar-refractivity contribution < 1.29 is 108 Å². The summed E-state index contributed by atoms with van der Waals surface area (Å²) < 4.78 is 40.1. The Morgan fingerprint density at radius 2 is 1.20 bits per heavy atom. The molecule has 0 aromatic heterocycles. The Kier molecular flexibility index (Phi) is 31.8. The van der Waals surface area contributed by atoms with Crippen LogP contribution < -0.4 is 68.2 Å². The van der Waals surface area contributed by atoms with E-state index in [-0.39, 0.29) is 78.0 Å². The first-order valence-electron chi connectivity index (χ1n) is 43.4. The van der Waals surface area contributed by atoms with Gasteiger partial charge in [-0.25, -0.2) is 0 Å². The van der Waals surface area contributed by atoms with Gasteiger partial charge in [-0.2, -0.15) is 0 Å². The highest BCUT2D eigenvalue weighted by Gasteiger charge is 2.51. The molecule has 7 aliphatic heterocycles. The van der Waals surface area contributed by atoms with Gasteiger partial charge in [0.15, 0.2) is 23.9 Å². The summed E-state index contributed by atoms with van der Waals surface area (Å²) in [5.41, 5.74) is 24.2. The quantitative estimate of drug-likeness (QED) is 0.0110. The number of phenolic OH excluding ortho intramolecular Hbond substituents is 3. The van der Waals surface area contributed by atoms with E-state index in [0.29, 0.717) is 22.9 Å². The van der Waals surface area contributed by atoms with Crippen LogP contribution >= 0.6 is 46.4 Å². The van der Waals surface area contributed by atoms with Gasteiger partial charge in [-0.15, -0.1) is 0 Å². The molecular weight excluding hydrogens is 1830 g/mol. The number of nitrogens with zero attached hydrogens (tertiary/aromatic N) is 4. The number of primary amides is 1. The van der Waals surface area contributed by atoms with Crippen LogP contribution in [0.15, 0.2) is 181 Å². The second-order valence-corrected chi connectivity index (χ2v) is 35.6. The number of azide groups is 1. The first kappa shape index (κ1) is 98.6. The van der Waals surface area contributed by atoms with E-state index in [4.69, 9.17) is 86.3 Å². The maximum Gasteiger partial charge on any atom is 0.248 e. The SMILES string of the molecule is CC(C)C[C@H](C(=O)N[C@H]1C(=O)N[C@@H](CC(N)=O)C(=O)N[C@H]2C(=O)NC3C(=O)N[C@H](C(=O)N[C@H](C(=O)NCCCCN)c4cc(O)cc(O)c4-c4cc3ccc4O)[C@H](O)c3ccc(c(Cl)c3)Oc3cc2cc(c3OC2OC(CN=[N+]=[N-])C(O)C(O)C2OC2CC(NCc3ccc(-c4ccc(Cl)cc4)cc3)C(O)C(C)O2)Oc2ccc(cc2Cl)[C@H]1O)N(C)Cc1ccc(-c2ccc(Cl)cc2)cc1. The third kappa shape index (κ3) is 23.2. The molecule has 135 heavy (non-hydrogen) atoms. The lowest BCUT2D eigenvalue weighted by atomic mass is 9.89. The minimum absolute atomic E-state index is 0.0369. The number of fused-ring (bicyclic) bond motifs is 15. The number of phenols is 3. The molecular formula is C95H100Cl4N14O22. The third-order valence-electron chi connectivity index (χ3n) is 23.9. The number of ether oxygens (including phenoxy) is 6. The zero-order valence-electron chi connectivity index (χ0n) is 73.0. The lowest BCUT2D eigenvalue weighted by molar-refractivity contribution is -0.327. The van der Waals surface area contributed by atoms with E-state index in [1.54, 1.807) is 43.1 Å². The lowest BCUT2D eigenvalue weighted by Gasteiger charge is -2.45. The fourth-order valence-electron chi connectivity index (χ4n) is 16.7. The van der Waals surface area contributed by atoms with Gasteiger partial charge in [-0.1, -0.05) is 156 Å². The van der Waals surface area contributed by atoms with Crippen molar-refractivity contribution in [2.75, 3.05) is 26.7 Å². The minimum atomic E-state index is -2.39. The van der Waals surface area contributed by atoms with Crippen molar-refractivity contribution >= 4 is 93.7 Å². The van der Waals surface area contributed by atoms with E-state index in [1.165, 1.54) is 24.3 Å². The van der Waals surface area contributed by atoms with Crippen molar-refractivity contribution in [2.45, 2.75) is 176 Å². The number of rotatable bonds is 25. The van der Waals surface area contributed by atoms with Crippen molar-refractivity contribution in [1.82, 2.24) is 47.4 Å². The van der Waals surface area contributed by atoms with Crippen molar-refractivity contribution in [3.8, 4) is 79.4 Å². The highest BCUT2D eigenvalue weighted by molar-refractivity contribution is 6.32. The smallest absolute Gasteiger partial charge is 0.248 e. The molecule has 710 valence electrons. The number of unbranched alkanes of at least 4 members (excludes halogenated alkanes) is 1. The van der Waals surface area contributed by atoms with Gasteiger partial charge in [0, 0.05) is 64.2 Å². The number of amides is 8. The molecule has 10 unspecified atom stereocenters. The summed E-state index contributed by atoms with van der Waals surface area (Å²) in [5.74, 6) is -14.9. The monoisotopic (exact) mass is 1930 g/mol. The highest BCUT2D eigenvalue weighted by atomic mass is 35.5. The Hall–Kier alpha value is -12.4. The van der Waals surface area contributed by atoms with Crippen molar-refractivity contribution in [1.29, 1.82) is 0 Å². The molecule has 11 bridgehead atoms. The van der Waals surface area contributed by atoms with Crippen molar-refractivity contribution in [2.24, 2.45) is 22.5 Å². The normalized spacial score (nSPS) is 24.3. The predicted molar refractivity (Wildman–Crippen MR) is 494 cm³/mol. The van der Waals surface area contributed by atoms with Crippen LogP contribution in [0.25, 0.3) is 43.8 Å². The number of benzene rings is 9. The molecule has 0 spiro atoms. The fraction of sp³-hybridized carbons (Fsp3) is 0.347. The van der Waals surface area contributed by atoms with Crippen LogP contribution in [0.1, 0.15) is 122 Å². The number of hydrogen-bond acceptors (Lipinski definition) is 26. The van der Waals surface area contributed by atoms with Gasteiger partial charge < -0.3 is 123 Å². The molecule has 0 saturated carbocycles. The molecule has 7 heterocycles. The van der Waals surface area contributed by atoms with Gasteiger partial charge in [0.05, 0.1) is 47.4 Å². The third-order valence-corrected chi connectivity index (χ3v) is 25.0. The molecule has 2 saturated heterocycles. The molecule has 9 aromatic carbocycles. The summed E-state index contributed by atoms with van der Waals surface area (Å²) in [6.07, 6.45) is -18.0. The van der Waals surface area contributed by atoms with Gasteiger partial charge in [0.25, 0.3) is 0 Å². The summed E-state index contributed by atoms with van der Waals surface area (Å²) >= 11 is 27.0. The topological polar surface area (TPSA) is 554 Å². The maximum atomic E-state index is 16.6. The summed E-state index contributed by atoms with van der Waals surface area (Å²) in [5, 5.41) is 123. The second kappa shape index (κ2) is 43.5.